The van der Waals surface area contributed by atoms with Gasteiger partial charge in [-0.05, 0) is 111 Å². The number of carbonyl (C=O) groups is 1. The molecule has 1 N–H and O–H groups in total. The third kappa shape index (κ3) is 7.47. The lowest BCUT2D eigenvalue weighted by Crippen LogP contribution is -2.41. The number of ether oxygens (including phenoxy) is 1. The van der Waals surface area contributed by atoms with E-state index in [2.05, 4.69) is 16.0 Å². The first kappa shape index (κ1) is 27.9. The number of nitrogens with zero attached hydrogens (tertiary/aromatic N) is 2. The van der Waals surface area contributed by atoms with Gasteiger partial charge < -0.3 is 14.7 Å². The first-order valence-corrected chi connectivity index (χ1v) is 13.2. The van der Waals surface area contributed by atoms with Gasteiger partial charge in [0.05, 0.1) is 18.2 Å². The third-order valence-electron chi connectivity index (χ3n) is 7.69. The normalized spacial score (nSPS) is 18.5. The number of fused-ring (bicyclic) bond motifs is 1. The van der Waals surface area contributed by atoms with Gasteiger partial charge in [0.15, 0.2) is 0 Å². The quantitative estimate of drug-likeness (QED) is 0.303. The maximum atomic E-state index is 12.8. The number of aryl methyl sites for hydroxylation is 2. The van der Waals surface area contributed by atoms with Crippen LogP contribution in [0, 0.1) is 11.8 Å². The van der Waals surface area contributed by atoms with Crippen LogP contribution in [-0.4, -0.2) is 47.7 Å². The average molecular weight is 529 g/mol. The van der Waals surface area contributed by atoms with Crippen molar-refractivity contribution in [3.05, 3.63) is 71.4 Å². The number of hydrogen-bond donors (Lipinski definition) is 1. The second-order valence-corrected chi connectivity index (χ2v) is 10.3. The Morgan fingerprint density at radius 2 is 1.87 bits per heavy atom. The smallest absolute Gasteiger partial charge is 0.416 e. The molecule has 0 saturated carbocycles. The molecule has 1 aromatic heterocycles. The summed E-state index contributed by atoms with van der Waals surface area (Å²) in [4.78, 5) is 18.4. The van der Waals surface area contributed by atoms with E-state index in [-0.39, 0.29) is 12.3 Å². The second kappa shape index (κ2) is 12.6. The predicted octanol–water partition coefficient (Wildman–Crippen LogP) is 6.63. The molecule has 204 valence electrons. The number of carboxylic acids is 1. The fraction of sp³-hybridized carbons (Fsp3) is 0.467. The van der Waals surface area contributed by atoms with E-state index < -0.39 is 17.7 Å². The molecule has 1 fully saturated rings. The van der Waals surface area contributed by atoms with Crippen molar-refractivity contribution >= 4 is 16.9 Å². The summed E-state index contributed by atoms with van der Waals surface area (Å²) >= 11 is 0. The zero-order chi connectivity index (χ0) is 27.1. The summed E-state index contributed by atoms with van der Waals surface area (Å²) in [6.07, 6.45) is 3.02. The Morgan fingerprint density at radius 3 is 2.58 bits per heavy atom. The van der Waals surface area contributed by atoms with Gasteiger partial charge in [-0.25, -0.2) is 0 Å². The molecule has 2 heterocycles. The van der Waals surface area contributed by atoms with E-state index in [0.717, 1.165) is 86.1 Å². The van der Waals surface area contributed by atoms with Crippen molar-refractivity contribution in [3.63, 3.8) is 0 Å². The van der Waals surface area contributed by atoms with E-state index >= 15 is 0 Å². The monoisotopic (exact) mass is 528 g/mol. The number of hydrogen-bond acceptors (Lipinski definition) is 4. The number of likely N-dealkylation sites (tertiary alicyclic amines) is 1. The number of pyridine rings is 1. The van der Waals surface area contributed by atoms with Crippen LogP contribution >= 0.6 is 0 Å². The Balaban J connectivity index is 1.28. The Kier molecular flexibility index (Phi) is 9.26. The number of rotatable bonds is 11. The zero-order valence-corrected chi connectivity index (χ0v) is 21.7. The Bertz CT molecular complexity index is 1210. The third-order valence-corrected chi connectivity index (χ3v) is 7.69. The van der Waals surface area contributed by atoms with Crippen LogP contribution in [0.1, 0.15) is 48.8 Å². The standard InChI is InChI=1S/C30H35F3N2O3/c1-38-26-11-12-28-27(19-26)23(13-15-34-28)6-2-5-22-14-17-35(20-24(22)18-29(36)37)16-3-4-21-7-9-25(10-8-21)30(31,32)33/h7-13,15,19,22,24H,2-6,14,16-18,20H2,1H3,(H,36,37)/t22-,24+/m1/s1. The lowest BCUT2D eigenvalue weighted by molar-refractivity contribution is -0.139. The van der Waals surface area contributed by atoms with Crippen LogP contribution in [-0.2, 0) is 23.8 Å². The summed E-state index contributed by atoms with van der Waals surface area (Å²) in [5.41, 5.74) is 2.42. The number of methoxy groups -OCH3 is 1. The summed E-state index contributed by atoms with van der Waals surface area (Å²) in [6, 6.07) is 13.3. The van der Waals surface area contributed by atoms with Crippen molar-refractivity contribution in [2.45, 2.75) is 51.1 Å². The molecule has 4 rings (SSSR count). The molecule has 3 aromatic rings. The number of aromatic nitrogens is 1. The van der Waals surface area contributed by atoms with Crippen LogP contribution in [0.3, 0.4) is 0 Å². The summed E-state index contributed by atoms with van der Waals surface area (Å²) in [7, 11) is 1.65. The minimum absolute atomic E-state index is 0.0987. The van der Waals surface area contributed by atoms with Gasteiger partial charge in [-0.15, -0.1) is 0 Å². The highest BCUT2D eigenvalue weighted by Gasteiger charge is 2.31. The summed E-state index contributed by atoms with van der Waals surface area (Å²) < 4.78 is 43.7. The van der Waals surface area contributed by atoms with E-state index in [9.17, 15) is 23.1 Å². The predicted molar refractivity (Wildman–Crippen MR) is 141 cm³/mol. The zero-order valence-electron chi connectivity index (χ0n) is 21.7. The molecule has 0 spiro atoms. The molecule has 0 aliphatic carbocycles. The fourth-order valence-corrected chi connectivity index (χ4v) is 5.64. The van der Waals surface area contributed by atoms with Gasteiger partial charge in [0.1, 0.15) is 5.75 Å². The Hall–Kier alpha value is -3.13. The molecule has 2 atom stereocenters. The first-order valence-electron chi connectivity index (χ1n) is 13.2. The molecule has 38 heavy (non-hydrogen) atoms. The van der Waals surface area contributed by atoms with Crippen molar-refractivity contribution in [3.8, 4) is 5.75 Å². The molecular weight excluding hydrogens is 493 g/mol. The van der Waals surface area contributed by atoms with E-state index in [0.29, 0.717) is 12.3 Å². The highest BCUT2D eigenvalue weighted by atomic mass is 19.4. The molecule has 2 aromatic carbocycles. The van der Waals surface area contributed by atoms with Crippen LogP contribution in [0.25, 0.3) is 10.9 Å². The van der Waals surface area contributed by atoms with Crippen LogP contribution < -0.4 is 4.74 Å². The summed E-state index contributed by atoms with van der Waals surface area (Å²) in [5.74, 6) is 0.499. The van der Waals surface area contributed by atoms with Gasteiger partial charge in [-0.2, -0.15) is 13.2 Å². The van der Waals surface area contributed by atoms with Crippen LogP contribution in [0.4, 0.5) is 13.2 Å². The van der Waals surface area contributed by atoms with Gasteiger partial charge in [0.2, 0.25) is 0 Å². The lowest BCUT2D eigenvalue weighted by Gasteiger charge is -2.38. The van der Waals surface area contributed by atoms with E-state index in [1.54, 1.807) is 19.2 Å². The molecule has 1 aliphatic rings. The van der Waals surface area contributed by atoms with E-state index in [1.807, 2.05) is 24.4 Å². The Labute approximate surface area is 221 Å². The van der Waals surface area contributed by atoms with E-state index in [1.165, 1.54) is 5.56 Å². The summed E-state index contributed by atoms with van der Waals surface area (Å²) in [6.45, 7) is 2.48. The van der Waals surface area contributed by atoms with Crippen LogP contribution in [0.2, 0.25) is 0 Å². The largest absolute Gasteiger partial charge is 0.497 e. The number of aliphatic carboxylic acids is 1. The van der Waals surface area contributed by atoms with Crippen molar-refractivity contribution in [1.82, 2.24) is 9.88 Å². The molecule has 8 heteroatoms. The number of halogens is 3. The molecule has 5 nitrogen and oxygen atoms in total. The SMILES string of the molecule is COc1ccc2nccc(CCC[C@@H]3CCN(CCCc4ccc(C(F)(F)F)cc4)C[C@@H]3CC(=O)O)c2c1. The molecule has 1 aliphatic heterocycles. The highest BCUT2D eigenvalue weighted by molar-refractivity contribution is 5.83. The van der Waals surface area contributed by atoms with Gasteiger partial charge in [0, 0.05) is 24.5 Å². The molecule has 0 bridgehead atoms. The number of alkyl halides is 3. The minimum atomic E-state index is -4.32. The molecule has 0 amide bonds. The number of piperidine rings is 1. The molecular formula is C30H35F3N2O3. The lowest BCUT2D eigenvalue weighted by atomic mass is 9.79. The highest BCUT2D eigenvalue weighted by Crippen LogP contribution is 2.32. The van der Waals surface area contributed by atoms with Crippen molar-refractivity contribution < 1.29 is 27.8 Å². The maximum absolute atomic E-state index is 12.8. The Morgan fingerprint density at radius 1 is 1.08 bits per heavy atom. The second-order valence-electron chi connectivity index (χ2n) is 10.3. The average Bonchev–Trinajstić information content (AvgIpc) is 2.89. The van der Waals surface area contributed by atoms with Crippen LogP contribution in [0.5, 0.6) is 5.75 Å². The van der Waals surface area contributed by atoms with Crippen molar-refractivity contribution in [2.75, 3.05) is 26.7 Å². The molecule has 1 saturated heterocycles. The number of benzene rings is 2. The van der Waals surface area contributed by atoms with Gasteiger partial charge in [-0.3, -0.25) is 9.78 Å². The van der Waals surface area contributed by atoms with Crippen molar-refractivity contribution in [2.24, 2.45) is 11.8 Å². The minimum Gasteiger partial charge on any atom is -0.497 e. The van der Waals surface area contributed by atoms with Gasteiger partial charge >= 0.3 is 12.1 Å². The summed E-state index contributed by atoms with van der Waals surface area (Å²) in [5, 5.41) is 10.6. The van der Waals surface area contributed by atoms with Gasteiger partial charge in [0.25, 0.3) is 0 Å². The van der Waals surface area contributed by atoms with Gasteiger partial charge in [-0.1, -0.05) is 12.1 Å². The fourth-order valence-electron chi connectivity index (χ4n) is 5.64. The number of carboxylic acid groups (broad SMARTS) is 1. The van der Waals surface area contributed by atoms with Crippen molar-refractivity contribution in [1.29, 1.82) is 0 Å². The maximum Gasteiger partial charge on any atom is 0.416 e. The van der Waals surface area contributed by atoms with Crippen LogP contribution in [0.15, 0.2) is 54.7 Å². The molecule has 0 radical (unpaired) electrons. The topological polar surface area (TPSA) is 62.7 Å². The van der Waals surface area contributed by atoms with E-state index in [4.69, 9.17) is 4.74 Å². The molecule has 0 unspecified atom stereocenters. The first-order chi connectivity index (χ1) is 18.2.